The zero-order chi connectivity index (χ0) is 22.8. The summed E-state index contributed by atoms with van der Waals surface area (Å²) in [5, 5.41) is 0. The van der Waals surface area contributed by atoms with Crippen LogP contribution in [0.5, 0.6) is 11.5 Å². The lowest BCUT2D eigenvalue weighted by molar-refractivity contribution is -0.139. The first-order valence-electron chi connectivity index (χ1n) is 9.93. The highest BCUT2D eigenvalue weighted by molar-refractivity contribution is 7.07. The average Bonchev–Trinajstić information content (AvgIpc) is 3.41. The summed E-state index contributed by atoms with van der Waals surface area (Å²) < 4.78 is 23.4. The first-order chi connectivity index (χ1) is 15.5. The number of carbonyl (C=O) groups is 1. The van der Waals surface area contributed by atoms with Gasteiger partial charge in [0.25, 0.3) is 5.56 Å². The SMILES string of the molecule is CCOC(=O)C1=C(C)N=c2s/c(=C\c3ccc(OC)c(OC)c3)c(=O)n2C1c1ccco1. The first kappa shape index (κ1) is 21.6. The number of methoxy groups -OCH3 is 2. The number of ether oxygens (including phenoxy) is 3. The molecule has 0 saturated carbocycles. The molecule has 1 atom stereocenters. The van der Waals surface area contributed by atoms with Crippen LogP contribution in [0.25, 0.3) is 6.08 Å². The zero-order valence-corrected chi connectivity index (χ0v) is 18.9. The highest BCUT2D eigenvalue weighted by Crippen LogP contribution is 2.31. The van der Waals surface area contributed by atoms with Gasteiger partial charge in [0.05, 0.1) is 42.9 Å². The van der Waals surface area contributed by atoms with Crippen molar-refractivity contribution in [3.63, 3.8) is 0 Å². The lowest BCUT2D eigenvalue weighted by Crippen LogP contribution is -2.39. The number of furan rings is 1. The van der Waals surface area contributed by atoms with Crippen LogP contribution in [0.15, 0.2) is 62.1 Å². The molecule has 4 rings (SSSR count). The Hall–Kier alpha value is -3.59. The van der Waals surface area contributed by atoms with Gasteiger partial charge in [-0.05, 0) is 49.8 Å². The Bertz CT molecular complexity index is 1360. The quantitative estimate of drug-likeness (QED) is 0.531. The molecule has 0 aliphatic carbocycles. The van der Waals surface area contributed by atoms with Gasteiger partial charge in [0.2, 0.25) is 0 Å². The summed E-state index contributed by atoms with van der Waals surface area (Å²) in [5.74, 6) is 1.09. The van der Waals surface area contributed by atoms with Gasteiger partial charge in [0, 0.05) is 0 Å². The largest absolute Gasteiger partial charge is 0.493 e. The van der Waals surface area contributed by atoms with Gasteiger partial charge < -0.3 is 18.6 Å². The molecule has 0 radical (unpaired) electrons. The molecule has 32 heavy (non-hydrogen) atoms. The molecule has 1 unspecified atom stereocenters. The fourth-order valence-corrected chi connectivity index (χ4v) is 4.65. The second-order valence-corrected chi connectivity index (χ2v) is 7.94. The van der Waals surface area contributed by atoms with Gasteiger partial charge in [-0.25, -0.2) is 9.79 Å². The number of hydrogen-bond acceptors (Lipinski definition) is 8. The fraction of sp³-hybridized carbons (Fsp3) is 0.261. The lowest BCUT2D eigenvalue weighted by atomic mass is 10.0. The van der Waals surface area contributed by atoms with E-state index in [0.29, 0.717) is 32.3 Å². The molecule has 2 aromatic heterocycles. The van der Waals surface area contributed by atoms with E-state index in [0.717, 1.165) is 5.56 Å². The first-order valence-corrected chi connectivity index (χ1v) is 10.7. The maximum Gasteiger partial charge on any atom is 0.338 e. The van der Waals surface area contributed by atoms with E-state index >= 15 is 0 Å². The van der Waals surface area contributed by atoms with Crippen molar-refractivity contribution in [1.29, 1.82) is 0 Å². The van der Waals surface area contributed by atoms with Gasteiger partial charge in [-0.2, -0.15) is 0 Å². The molecule has 0 bridgehead atoms. The second kappa shape index (κ2) is 8.88. The number of hydrogen-bond donors (Lipinski definition) is 0. The number of aromatic nitrogens is 1. The zero-order valence-electron chi connectivity index (χ0n) is 18.1. The number of esters is 1. The standard InChI is InChI=1S/C23H22N2O6S/c1-5-30-22(27)19-13(2)24-23-25(20(19)16-7-6-10-31-16)21(26)18(32-23)12-14-8-9-15(28-3)17(11-14)29-4/h6-12,20H,5H2,1-4H3/b18-12-. The van der Waals surface area contributed by atoms with Crippen LogP contribution in [0.4, 0.5) is 0 Å². The normalized spacial score (nSPS) is 15.9. The van der Waals surface area contributed by atoms with Gasteiger partial charge in [-0.1, -0.05) is 17.4 Å². The molecule has 0 saturated heterocycles. The van der Waals surface area contributed by atoms with Crippen molar-refractivity contribution in [3.05, 3.63) is 78.9 Å². The Morgan fingerprint density at radius 1 is 1.25 bits per heavy atom. The number of carbonyl (C=O) groups excluding carboxylic acids is 1. The third-order valence-electron chi connectivity index (χ3n) is 5.04. The minimum Gasteiger partial charge on any atom is -0.493 e. The van der Waals surface area contributed by atoms with Crippen LogP contribution < -0.4 is 24.4 Å². The van der Waals surface area contributed by atoms with Crippen molar-refractivity contribution in [2.24, 2.45) is 4.99 Å². The molecule has 3 aromatic rings. The Morgan fingerprint density at radius 2 is 2.03 bits per heavy atom. The molecule has 1 aromatic carbocycles. The van der Waals surface area contributed by atoms with Crippen molar-refractivity contribution in [2.75, 3.05) is 20.8 Å². The van der Waals surface area contributed by atoms with E-state index in [1.165, 1.54) is 22.2 Å². The number of nitrogens with zero attached hydrogens (tertiary/aromatic N) is 2. The predicted octanol–water partition coefficient (Wildman–Crippen LogP) is 2.41. The van der Waals surface area contributed by atoms with Crippen LogP contribution in [0, 0.1) is 0 Å². The van der Waals surface area contributed by atoms with Crippen molar-refractivity contribution < 1.29 is 23.4 Å². The van der Waals surface area contributed by atoms with E-state index in [1.807, 2.05) is 6.07 Å². The number of thiazole rings is 1. The third kappa shape index (κ3) is 3.75. The van der Waals surface area contributed by atoms with Gasteiger partial charge in [0.1, 0.15) is 11.8 Å². The number of fused-ring (bicyclic) bond motifs is 1. The molecule has 1 aliphatic rings. The predicted molar refractivity (Wildman–Crippen MR) is 119 cm³/mol. The molecule has 0 spiro atoms. The monoisotopic (exact) mass is 454 g/mol. The second-order valence-electron chi connectivity index (χ2n) is 6.93. The number of rotatable bonds is 6. The van der Waals surface area contributed by atoms with Crippen LogP contribution in [-0.2, 0) is 9.53 Å². The molecule has 166 valence electrons. The highest BCUT2D eigenvalue weighted by Gasteiger charge is 2.35. The fourth-order valence-electron chi connectivity index (χ4n) is 3.60. The maximum absolute atomic E-state index is 13.4. The average molecular weight is 455 g/mol. The summed E-state index contributed by atoms with van der Waals surface area (Å²) in [6.45, 7) is 3.67. The third-order valence-corrected chi connectivity index (χ3v) is 6.02. The summed E-state index contributed by atoms with van der Waals surface area (Å²) in [5.41, 5.74) is 1.26. The molecule has 1 aliphatic heterocycles. The molecule has 9 heteroatoms. The van der Waals surface area contributed by atoms with E-state index in [9.17, 15) is 9.59 Å². The van der Waals surface area contributed by atoms with Gasteiger partial charge in [-0.15, -0.1) is 0 Å². The van der Waals surface area contributed by atoms with Crippen molar-refractivity contribution in [3.8, 4) is 11.5 Å². The number of benzene rings is 1. The minimum atomic E-state index is -0.757. The maximum atomic E-state index is 13.4. The summed E-state index contributed by atoms with van der Waals surface area (Å²) in [6, 6.07) is 8.08. The topological polar surface area (TPSA) is 92.3 Å². The van der Waals surface area contributed by atoms with Crippen LogP contribution in [0.3, 0.4) is 0 Å². The summed E-state index contributed by atoms with van der Waals surface area (Å²) in [7, 11) is 3.12. The highest BCUT2D eigenvalue weighted by atomic mass is 32.1. The van der Waals surface area contributed by atoms with Gasteiger partial charge in [0.15, 0.2) is 16.3 Å². The summed E-state index contributed by atoms with van der Waals surface area (Å²) >= 11 is 1.24. The molecular weight excluding hydrogens is 432 g/mol. The minimum absolute atomic E-state index is 0.213. The smallest absolute Gasteiger partial charge is 0.338 e. The van der Waals surface area contributed by atoms with Gasteiger partial charge in [-0.3, -0.25) is 9.36 Å². The van der Waals surface area contributed by atoms with Crippen LogP contribution in [-0.4, -0.2) is 31.4 Å². The van der Waals surface area contributed by atoms with Crippen LogP contribution in [0.2, 0.25) is 0 Å². The number of allylic oxidation sites excluding steroid dienone is 1. The summed E-state index contributed by atoms with van der Waals surface area (Å²) in [4.78, 5) is 31.2. The van der Waals surface area contributed by atoms with E-state index in [4.69, 9.17) is 18.6 Å². The van der Waals surface area contributed by atoms with Crippen molar-refractivity contribution in [1.82, 2.24) is 4.57 Å². The molecule has 3 heterocycles. The molecule has 0 fully saturated rings. The lowest BCUT2D eigenvalue weighted by Gasteiger charge is -2.22. The Kier molecular flexibility index (Phi) is 6.00. The molecule has 0 amide bonds. The molecular formula is C23H22N2O6S. The van der Waals surface area contributed by atoms with Gasteiger partial charge >= 0.3 is 5.97 Å². The Balaban J connectivity index is 1.90. The van der Waals surface area contributed by atoms with Crippen molar-refractivity contribution >= 4 is 23.4 Å². The van der Waals surface area contributed by atoms with E-state index in [2.05, 4.69) is 4.99 Å². The Morgan fingerprint density at radius 3 is 2.69 bits per heavy atom. The van der Waals surface area contributed by atoms with Crippen molar-refractivity contribution in [2.45, 2.75) is 19.9 Å². The van der Waals surface area contributed by atoms with Crippen LogP contribution in [0.1, 0.15) is 31.2 Å². The van der Waals surface area contributed by atoms with E-state index in [1.54, 1.807) is 58.4 Å². The molecule has 8 nitrogen and oxygen atoms in total. The summed E-state index contributed by atoms with van der Waals surface area (Å²) in [6.07, 6.45) is 3.27. The molecule has 0 N–H and O–H groups in total. The van der Waals surface area contributed by atoms with E-state index in [-0.39, 0.29) is 17.7 Å². The van der Waals surface area contributed by atoms with E-state index < -0.39 is 12.0 Å². The van der Waals surface area contributed by atoms with Crippen LogP contribution >= 0.6 is 11.3 Å². The Labute approximate surface area is 187 Å².